The fraction of sp³-hybridized carbons (Fsp3) is 0.143. The highest BCUT2D eigenvalue weighted by Gasteiger charge is 2.07. The predicted molar refractivity (Wildman–Crippen MR) is 82.7 cm³/mol. The standard InChI is InChI=1S/C14H11Cl3N2O/c15-10-3-1-9(12(17)7-10)2-6-14(20)19-13-5-4-11(16)8-18-13/h1,3-5,7-8H,2,6H2,(H,18,19,20). The Morgan fingerprint density at radius 3 is 2.50 bits per heavy atom. The van der Waals surface area contributed by atoms with E-state index < -0.39 is 0 Å². The maximum atomic E-state index is 11.8. The summed E-state index contributed by atoms with van der Waals surface area (Å²) < 4.78 is 0. The van der Waals surface area contributed by atoms with Crippen molar-refractivity contribution in [2.45, 2.75) is 12.8 Å². The molecule has 1 heterocycles. The van der Waals surface area contributed by atoms with Crippen LogP contribution in [0.15, 0.2) is 36.5 Å². The van der Waals surface area contributed by atoms with Gasteiger partial charge in [-0.05, 0) is 36.2 Å². The topological polar surface area (TPSA) is 42.0 Å². The van der Waals surface area contributed by atoms with E-state index in [0.717, 1.165) is 5.56 Å². The minimum absolute atomic E-state index is 0.133. The summed E-state index contributed by atoms with van der Waals surface area (Å²) in [6, 6.07) is 8.55. The van der Waals surface area contributed by atoms with Crippen LogP contribution in [0.1, 0.15) is 12.0 Å². The number of anilines is 1. The smallest absolute Gasteiger partial charge is 0.225 e. The van der Waals surface area contributed by atoms with Crippen molar-refractivity contribution in [3.63, 3.8) is 0 Å². The van der Waals surface area contributed by atoms with Crippen LogP contribution in [-0.4, -0.2) is 10.9 Å². The van der Waals surface area contributed by atoms with Gasteiger partial charge >= 0.3 is 0 Å². The van der Waals surface area contributed by atoms with Crippen molar-refractivity contribution in [3.05, 3.63) is 57.2 Å². The van der Waals surface area contributed by atoms with E-state index in [1.165, 1.54) is 6.20 Å². The average molecular weight is 330 g/mol. The third kappa shape index (κ3) is 4.37. The Kier molecular flexibility index (Phi) is 5.24. The molecular weight excluding hydrogens is 319 g/mol. The Morgan fingerprint density at radius 2 is 1.85 bits per heavy atom. The van der Waals surface area contributed by atoms with Gasteiger partial charge in [0, 0.05) is 22.7 Å². The lowest BCUT2D eigenvalue weighted by Gasteiger charge is -2.06. The molecule has 0 radical (unpaired) electrons. The second kappa shape index (κ2) is 6.93. The molecule has 3 nitrogen and oxygen atoms in total. The van der Waals surface area contributed by atoms with Gasteiger partial charge in [-0.2, -0.15) is 0 Å². The van der Waals surface area contributed by atoms with E-state index in [0.29, 0.717) is 33.7 Å². The number of amides is 1. The summed E-state index contributed by atoms with van der Waals surface area (Å²) in [5.74, 6) is 0.340. The molecule has 6 heteroatoms. The number of halogens is 3. The molecule has 2 aromatic rings. The molecule has 0 fully saturated rings. The second-order valence-electron chi connectivity index (χ2n) is 4.15. The Labute approximate surface area is 131 Å². The van der Waals surface area contributed by atoms with Gasteiger partial charge in [0.1, 0.15) is 5.82 Å². The highest BCUT2D eigenvalue weighted by molar-refractivity contribution is 6.35. The Hall–Kier alpha value is -1.29. The summed E-state index contributed by atoms with van der Waals surface area (Å²) in [4.78, 5) is 15.8. The van der Waals surface area contributed by atoms with Crippen LogP contribution in [0.2, 0.25) is 15.1 Å². The maximum Gasteiger partial charge on any atom is 0.225 e. The van der Waals surface area contributed by atoms with Crippen molar-refractivity contribution in [3.8, 4) is 0 Å². The molecule has 20 heavy (non-hydrogen) atoms. The highest BCUT2D eigenvalue weighted by Crippen LogP contribution is 2.22. The monoisotopic (exact) mass is 328 g/mol. The van der Waals surface area contributed by atoms with Gasteiger partial charge in [-0.3, -0.25) is 4.79 Å². The summed E-state index contributed by atoms with van der Waals surface area (Å²) in [7, 11) is 0. The van der Waals surface area contributed by atoms with Gasteiger partial charge in [0.2, 0.25) is 5.91 Å². The van der Waals surface area contributed by atoms with Crippen LogP contribution >= 0.6 is 34.8 Å². The average Bonchev–Trinajstić information content (AvgIpc) is 2.40. The molecular formula is C14H11Cl3N2O. The summed E-state index contributed by atoms with van der Waals surface area (Å²) >= 11 is 17.6. The largest absolute Gasteiger partial charge is 0.311 e. The maximum absolute atomic E-state index is 11.8. The lowest BCUT2D eigenvalue weighted by molar-refractivity contribution is -0.116. The van der Waals surface area contributed by atoms with Crippen LogP contribution in [-0.2, 0) is 11.2 Å². The molecule has 0 spiro atoms. The SMILES string of the molecule is O=C(CCc1ccc(Cl)cc1Cl)Nc1ccc(Cl)cn1. The molecule has 2 rings (SSSR count). The molecule has 1 N–H and O–H groups in total. The van der Waals surface area contributed by atoms with Gasteiger partial charge in [0.15, 0.2) is 0 Å². The lowest BCUT2D eigenvalue weighted by Crippen LogP contribution is -2.13. The molecule has 0 bridgehead atoms. The number of nitrogens with zero attached hydrogens (tertiary/aromatic N) is 1. The van der Waals surface area contributed by atoms with Crippen LogP contribution < -0.4 is 5.32 Å². The van der Waals surface area contributed by atoms with Crippen molar-refractivity contribution >= 4 is 46.5 Å². The number of nitrogens with one attached hydrogen (secondary N) is 1. The number of carbonyl (C=O) groups is 1. The van der Waals surface area contributed by atoms with Gasteiger partial charge in [-0.25, -0.2) is 4.98 Å². The lowest BCUT2D eigenvalue weighted by atomic mass is 10.1. The summed E-state index contributed by atoms with van der Waals surface area (Å²) in [6.45, 7) is 0. The van der Waals surface area contributed by atoms with E-state index in [4.69, 9.17) is 34.8 Å². The molecule has 0 aliphatic heterocycles. The van der Waals surface area contributed by atoms with Crippen molar-refractivity contribution in [1.82, 2.24) is 4.98 Å². The van der Waals surface area contributed by atoms with Gasteiger partial charge < -0.3 is 5.32 Å². The Bertz CT molecular complexity index is 614. The molecule has 104 valence electrons. The van der Waals surface area contributed by atoms with E-state index in [-0.39, 0.29) is 5.91 Å². The first kappa shape index (κ1) is 15.1. The summed E-state index contributed by atoms with van der Waals surface area (Å²) in [5, 5.41) is 4.36. The molecule has 0 aliphatic rings. The molecule has 1 amide bonds. The van der Waals surface area contributed by atoms with Gasteiger partial charge in [-0.1, -0.05) is 40.9 Å². The van der Waals surface area contributed by atoms with Crippen LogP contribution in [0.3, 0.4) is 0 Å². The minimum Gasteiger partial charge on any atom is -0.311 e. The second-order valence-corrected chi connectivity index (χ2v) is 5.43. The van der Waals surface area contributed by atoms with Crippen molar-refractivity contribution in [2.75, 3.05) is 5.32 Å². The number of benzene rings is 1. The third-order valence-corrected chi connectivity index (χ3v) is 3.44. The number of hydrogen-bond acceptors (Lipinski definition) is 2. The fourth-order valence-corrected chi connectivity index (χ4v) is 2.24. The highest BCUT2D eigenvalue weighted by atomic mass is 35.5. The normalized spacial score (nSPS) is 10.3. The van der Waals surface area contributed by atoms with Crippen LogP contribution in [0, 0.1) is 0 Å². The molecule has 0 saturated carbocycles. The third-order valence-electron chi connectivity index (χ3n) is 2.63. The van der Waals surface area contributed by atoms with E-state index in [1.807, 2.05) is 6.07 Å². The van der Waals surface area contributed by atoms with Gasteiger partial charge in [-0.15, -0.1) is 0 Å². The summed E-state index contributed by atoms with van der Waals surface area (Å²) in [5.41, 5.74) is 0.885. The Morgan fingerprint density at radius 1 is 1.10 bits per heavy atom. The van der Waals surface area contributed by atoms with E-state index >= 15 is 0 Å². The van der Waals surface area contributed by atoms with Crippen molar-refractivity contribution in [1.29, 1.82) is 0 Å². The van der Waals surface area contributed by atoms with Gasteiger partial charge in [0.25, 0.3) is 0 Å². The predicted octanol–water partition coefficient (Wildman–Crippen LogP) is 4.61. The molecule has 0 saturated heterocycles. The molecule has 1 aromatic heterocycles. The zero-order valence-electron chi connectivity index (χ0n) is 10.4. The molecule has 1 aromatic carbocycles. The van der Waals surface area contributed by atoms with E-state index in [2.05, 4.69) is 10.3 Å². The van der Waals surface area contributed by atoms with E-state index in [9.17, 15) is 4.79 Å². The number of pyridine rings is 1. The van der Waals surface area contributed by atoms with Crippen molar-refractivity contribution < 1.29 is 4.79 Å². The van der Waals surface area contributed by atoms with Crippen LogP contribution in [0.25, 0.3) is 0 Å². The number of aromatic nitrogens is 1. The Balaban J connectivity index is 1.90. The quantitative estimate of drug-likeness (QED) is 0.889. The fourth-order valence-electron chi connectivity index (χ4n) is 1.63. The molecule has 0 atom stereocenters. The number of carbonyl (C=O) groups excluding carboxylic acids is 1. The minimum atomic E-state index is -0.133. The van der Waals surface area contributed by atoms with E-state index in [1.54, 1.807) is 24.3 Å². The molecule has 0 aliphatic carbocycles. The first-order valence-corrected chi connectivity index (χ1v) is 7.03. The number of hydrogen-bond donors (Lipinski definition) is 1. The first-order valence-electron chi connectivity index (χ1n) is 5.90. The van der Waals surface area contributed by atoms with Crippen LogP contribution in [0.4, 0.5) is 5.82 Å². The van der Waals surface area contributed by atoms with Crippen LogP contribution in [0.5, 0.6) is 0 Å². The van der Waals surface area contributed by atoms with Gasteiger partial charge in [0.05, 0.1) is 5.02 Å². The first-order chi connectivity index (χ1) is 9.54. The number of aryl methyl sites for hydroxylation is 1. The molecule has 0 unspecified atom stereocenters. The zero-order valence-corrected chi connectivity index (χ0v) is 12.6. The number of rotatable bonds is 4. The summed E-state index contributed by atoms with van der Waals surface area (Å²) in [6.07, 6.45) is 2.33. The van der Waals surface area contributed by atoms with Crippen molar-refractivity contribution in [2.24, 2.45) is 0 Å². The zero-order chi connectivity index (χ0) is 14.5.